The second-order valence-electron chi connectivity index (χ2n) is 3.82. The fourth-order valence-corrected chi connectivity index (χ4v) is 2.94. The molecule has 0 spiro atoms. The molecule has 1 heterocycles. The molecule has 0 radical (unpaired) electrons. The van der Waals surface area contributed by atoms with Crippen molar-refractivity contribution in [3.05, 3.63) is 28.2 Å². The summed E-state index contributed by atoms with van der Waals surface area (Å²) < 4.78 is 12.4. The van der Waals surface area contributed by atoms with Gasteiger partial charge in [0.1, 0.15) is 11.9 Å². The molecule has 2 rings (SSSR count). The first-order valence-corrected chi connectivity index (χ1v) is 7.30. The van der Waals surface area contributed by atoms with Gasteiger partial charge in [-0.05, 0) is 23.8 Å². The van der Waals surface area contributed by atoms with Gasteiger partial charge in [0.15, 0.2) is 0 Å². The summed E-state index contributed by atoms with van der Waals surface area (Å²) in [7, 11) is 0. The van der Waals surface area contributed by atoms with Crippen LogP contribution in [0.2, 0.25) is 0 Å². The first kappa shape index (κ1) is 12.4. The Labute approximate surface area is 113 Å². The van der Waals surface area contributed by atoms with Crippen LogP contribution in [0.5, 0.6) is 5.75 Å². The predicted octanol–water partition coefficient (Wildman–Crippen LogP) is 3.90. The smallest absolute Gasteiger partial charge is 0.120 e. The van der Waals surface area contributed by atoms with E-state index in [4.69, 9.17) is 9.47 Å². The van der Waals surface area contributed by atoms with E-state index >= 15 is 0 Å². The van der Waals surface area contributed by atoms with Gasteiger partial charge in [0, 0.05) is 22.6 Å². The zero-order chi connectivity index (χ0) is 11.4. The van der Waals surface area contributed by atoms with Gasteiger partial charge >= 0.3 is 0 Å². The highest BCUT2D eigenvalue weighted by molar-refractivity contribution is 9.10. The topological polar surface area (TPSA) is 18.5 Å². The van der Waals surface area contributed by atoms with Crippen LogP contribution in [0.3, 0.4) is 0 Å². The zero-order valence-corrected chi connectivity index (χ0v) is 12.1. The lowest BCUT2D eigenvalue weighted by Crippen LogP contribution is -2.25. The van der Waals surface area contributed by atoms with Crippen LogP contribution < -0.4 is 4.74 Å². The van der Waals surface area contributed by atoms with Gasteiger partial charge in [-0.15, -0.1) is 0 Å². The Hall–Kier alpha value is -0.0600. The standard InChI is InChI=1S/C12H14Br2O2/c13-8-9-7-11(1-2-12(9)14)16-10-3-5-15-6-4-10/h1-2,7,10H,3-6,8H2. The molecule has 1 aliphatic rings. The monoisotopic (exact) mass is 348 g/mol. The molecular weight excluding hydrogens is 336 g/mol. The van der Waals surface area contributed by atoms with E-state index in [0.717, 1.165) is 41.6 Å². The van der Waals surface area contributed by atoms with Crippen molar-refractivity contribution in [2.45, 2.75) is 24.3 Å². The summed E-state index contributed by atoms with van der Waals surface area (Å²) in [5.41, 5.74) is 1.21. The van der Waals surface area contributed by atoms with Crippen LogP contribution in [0, 0.1) is 0 Å². The molecule has 0 amide bonds. The largest absolute Gasteiger partial charge is 0.490 e. The normalized spacial score (nSPS) is 17.4. The number of alkyl halides is 1. The maximum Gasteiger partial charge on any atom is 0.120 e. The van der Waals surface area contributed by atoms with Gasteiger partial charge in [-0.1, -0.05) is 31.9 Å². The first-order valence-electron chi connectivity index (χ1n) is 5.38. The Bertz CT molecular complexity index is 349. The highest BCUT2D eigenvalue weighted by atomic mass is 79.9. The van der Waals surface area contributed by atoms with Crippen molar-refractivity contribution in [2.24, 2.45) is 0 Å². The Morgan fingerprint density at radius 2 is 2.06 bits per heavy atom. The van der Waals surface area contributed by atoms with Crippen LogP contribution in [-0.4, -0.2) is 19.3 Å². The Morgan fingerprint density at radius 3 is 2.75 bits per heavy atom. The molecule has 1 aliphatic heterocycles. The number of hydrogen-bond donors (Lipinski definition) is 0. The molecule has 0 N–H and O–H groups in total. The average molecular weight is 350 g/mol. The third-order valence-electron chi connectivity index (χ3n) is 2.63. The van der Waals surface area contributed by atoms with E-state index in [2.05, 4.69) is 37.9 Å². The van der Waals surface area contributed by atoms with Gasteiger partial charge in [0.05, 0.1) is 13.2 Å². The molecule has 1 aromatic rings. The van der Waals surface area contributed by atoms with Crippen molar-refractivity contribution in [2.75, 3.05) is 13.2 Å². The number of ether oxygens (including phenoxy) is 2. The molecule has 1 aromatic carbocycles. The highest BCUT2D eigenvalue weighted by Crippen LogP contribution is 2.26. The van der Waals surface area contributed by atoms with Crippen molar-refractivity contribution in [1.29, 1.82) is 0 Å². The van der Waals surface area contributed by atoms with Gasteiger partial charge < -0.3 is 9.47 Å². The number of rotatable bonds is 3. The summed E-state index contributed by atoms with van der Waals surface area (Å²) in [5.74, 6) is 0.949. The molecule has 0 unspecified atom stereocenters. The fourth-order valence-electron chi connectivity index (χ4n) is 1.71. The van der Waals surface area contributed by atoms with Crippen molar-refractivity contribution >= 4 is 31.9 Å². The summed E-state index contributed by atoms with van der Waals surface area (Å²) in [6.45, 7) is 1.62. The number of halogens is 2. The molecule has 0 saturated carbocycles. The highest BCUT2D eigenvalue weighted by Gasteiger charge is 2.15. The van der Waals surface area contributed by atoms with Gasteiger partial charge in [-0.2, -0.15) is 0 Å². The number of hydrogen-bond acceptors (Lipinski definition) is 2. The summed E-state index contributed by atoms with van der Waals surface area (Å²) in [6, 6.07) is 6.12. The molecule has 0 aliphatic carbocycles. The van der Waals surface area contributed by atoms with E-state index in [-0.39, 0.29) is 0 Å². The lowest BCUT2D eigenvalue weighted by Gasteiger charge is -2.23. The van der Waals surface area contributed by atoms with Crippen molar-refractivity contribution in [1.82, 2.24) is 0 Å². The lowest BCUT2D eigenvalue weighted by molar-refractivity contribution is 0.0255. The second-order valence-corrected chi connectivity index (χ2v) is 5.23. The summed E-state index contributed by atoms with van der Waals surface area (Å²) in [4.78, 5) is 0. The molecule has 88 valence electrons. The molecule has 0 atom stereocenters. The molecule has 2 nitrogen and oxygen atoms in total. The van der Waals surface area contributed by atoms with Crippen molar-refractivity contribution in [3.8, 4) is 5.75 Å². The predicted molar refractivity (Wildman–Crippen MR) is 71.2 cm³/mol. The van der Waals surface area contributed by atoms with E-state index in [0.29, 0.717) is 6.10 Å². The molecule has 1 fully saturated rings. The molecular formula is C12H14Br2O2. The van der Waals surface area contributed by atoms with Crippen LogP contribution in [-0.2, 0) is 10.1 Å². The summed E-state index contributed by atoms with van der Waals surface area (Å²) >= 11 is 6.97. The molecule has 0 bridgehead atoms. The average Bonchev–Trinajstić information content (AvgIpc) is 2.33. The SMILES string of the molecule is BrCc1cc(OC2CCOCC2)ccc1Br. The summed E-state index contributed by atoms with van der Waals surface area (Å²) in [6.07, 6.45) is 2.28. The lowest BCUT2D eigenvalue weighted by atomic mass is 10.1. The first-order chi connectivity index (χ1) is 7.79. The van der Waals surface area contributed by atoms with E-state index in [1.165, 1.54) is 5.56 Å². The van der Waals surface area contributed by atoms with Crippen LogP contribution in [0.25, 0.3) is 0 Å². The quantitative estimate of drug-likeness (QED) is 0.770. The maximum atomic E-state index is 5.93. The molecule has 4 heteroatoms. The van der Waals surface area contributed by atoms with Crippen molar-refractivity contribution in [3.63, 3.8) is 0 Å². The minimum Gasteiger partial charge on any atom is -0.490 e. The van der Waals surface area contributed by atoms with Gasteiger partial charge in [-0.3, -0.25) is 0 Å². The Balaban J connectivity index is 2.03. The third-order valence-corrected chi connectivity index (χ3v) is 4.01. The minimum absolute atomic E-state index is 0.304. The van der Waals surface area contributed by atoms with E-state index < -0.39 is 0 Å². The fraction of sp³-hybridized carbons (Fsp3) is 0.500. The zero-order valence-electron chi connectivity index (χ0n) is 8.92. The van der Waals surface area contributed by atoms with E-state index in [1.54, 1.807) is 0 Å². The molecule has 16 heavy (non-hydrogen) atoms. The molecule has 1 saturated heterocycles. The Kier molecular flexibility index (Phi) is 4.67. The van der Waals surface area contributed by atoms with Crippen LogP contribution in [0.15, 0.2) is 22.7 Å². The Morgan fingerprint density at radius 1 is 1.31 bits per heavy atom. The van der Waals surface area contributed by atoms with Gasteiger partial charge in [0.25, 0.3) is 0 Å². The van der Waals surface area contributed by atoms with Crippen molar-refractivity contribution < 1.29 is 9.47 Å². The molecule has 0 aromatic heterocycles. The van der Waals surface area contributed by atoms with Crippen LogP contribution in [0.4, 0.5) is 0 Å². The summed E-state index contributed by atoms with van der Waals surface area (Å²) in [5, 5.41) is 0.832. The minimum atomic E-state index is 0.304. The maximum absolute atomic E-state index is 5.93. The van der Waals surface area contributed by atoms with E-state index in [1.807, 2.05) is 12.1 Å². The second kappa shape index (κ2) is 6.03. The number of benzene rings is 1. The van der Waals surface area contributed by atoms with E-state index in [9.17, 15) is 0 Å². The van der Waals surface area contributed by atoms with Crippen LogP contribution >= 0.6 is 31.9 Å². The van der Waals surface area contributed by atoms with Gasteiger partial charge in [-0.25, -0.2) is 0 Å². The van der Waals surface area contributed by atoms with Gasteiger partial charge in [0.2, 0.25) is 0 Å². The van der Waals surface area contributed by atoms with Crippen LogP contribution in [0.1, 0.15) is 18.4 Å². The third kappa shape index (κ3) is 3.22.